The van der Waals surface area contributed by atoms with Crippen molar-refractivity contribution in [2.45, 2.75) is 76.4 Å². The average molecular weight is 472 g/mol. The summed E-state index contributed by atoms with van der Waals surface area (Å²) in [5, 5.41) is 9.64. The monoisotopic (exact) mass is 472 g/mol. The van der Waals surface area contributed by atoms with Crippen molar-refractivity contribution < 1.29 is 45.7 Å². The summed E-state index contributed by atoms with van der Waals surface area (Å²) in [6.45, 7) is 6.79. The van der Waals surface area contributed by atoms with Gasteiger partial charge in [-0.3, -0.25) is 0 Å². The van der Waals surface area contributed by atoms with Crippen LogP contribution < -0.4 is 0 Å². The lowest BCUT2D eigenvalue weighted by molar-refractivity contribution is -0.391. The first-order valence-electron chi connectivity index (χ1n) is 10.8. The lowest BCUT2D eigenvalue weighted by Gasteiger charge is -2.66. The van der Waals surface area contributed by atoms with Crippen LogP contribution in [0, 0.1) is 29.1 Å². The fraction of sp³-hybridized carbons (Fsp3) is 0.864. The van der Waals surface area contributed by atoms with Crippen LogP contribution in [0.15, 0.2) is 12.2 Å². The Bertz CT molecular complexity index is 727. The first-order chi connectivity index (χ1) is 14.5. The Morgan fingerprint density at radius 1 is 1.06 bits per heavy atom. The van der Waals surface area contributed by atoms with Crippen LogP contribution in [0.5, 0.6) is 0 Å². The zero-order valence-corrected chi connectivity index (χ0v) is 18.4. The van der Waals surface area contributed by atoms with Crippen molar-refractivity contribution in [3.05, 3.63) is 12.2 Å². The summed E-state index contributed by atoms with van der Waals surface area (Å²) in [6, 6.07) is 0. The minimum absolute atomic E-state index is 0.144. The molecule has 4 saturated carbocycles. The molecule has 0 saturated heterocycles. The van der Waals surface area contributed by atoms with Gasteiger partial charge < -0.3 is 14.6 Å². The Hall–Kier alpha value is -1.29. The highest BCUT2D eigenvalue weighted by molar-refractivity contribution is 5.86. The van der Waals surface area contributed by atoms with Gasteiger partial charge in [0.05, 0.1) is 18.8 Å². The van der Waals surface area contributed by atoms with Crippen LogP contribution in [-0.4, -0.2) is 47.8 Å². The van der Waals surface area contributed by atoms with E-state index in [2.05, 4.69) is 6.58 Å². The lowest BCUT2D eigenvalue weighted by atomic mass is 9.43. The molecule has 4 nitrogen and oxygen atoms in total. The Morgan fingerprint density at radius 3 is 1.97 bits per heavy atom. The minimum Gasteiger partial charge on any atom is -0.462 e. The van der Waals surface area contributed by atoms with Gasteiger partial charge in [-0.1, -0.05) is 20.4 Å². The van der Waals surface area contributed by atoms with Crippen molar-refractivity contribution in [2.24, 2.45) is 29.1 Å². The van der Waals surface area contributed by atoms with Crippen molar-refractivity contribution in [3.8, 4) is 0 Å². The number of rotatable bonds is 7. The van der Waals surface area contributed by atoms with Gasteiger partial charge in [0.1, 0.15) is 0 Å². The van der Waals surface area contributed by atoms with Crippen LogP contribution in [0.4, 0.5) is 26.3 Å². The van der Waals surface area contributed by atoms with Crippen LogP contribution in [0.1, 0.15) is 52.9 Å². The second kappa shape index (κ2) is 7.89. The molecule has 0 aromatic rings. The fourth-order valence-corrected chi connectivity index (χ4v) is 6.58. The topological polar surface area (TPSA) is 55.8 Å². The summed E-state index contributed by atoms with van der Waals surface area (Å²) in [7, 11) is 0. The van der Waals surface area contributed by atoms with Gasteiger partial charge in [0.2, 0.25) is 0 Å². The van der Waals surface area contributed by atoms with Crippen LogP contribution in [-0.2, 0) is 14.3 Å². The van der Waals surface area contributed by atoms with Crippen LogP contribution in [0.3, 0.4) is 0 Å². The second-order valence-corrected chi connectivity index (χ2v) is 10.4. The van der Waals surface area contributed by atoms with E-state index in [1.54, 1.807) is 13.8 Å². The Morgan fingerprint density at radius 2 is 1.56 bits per heavy atom. The maximum absolute atomic E-state index is 13.2. The van der Waals surface area contributed by atoms with Crippen LogP contribution in [0.25, 0.3) is 0 Å². The van der Waals surface area contributed by atoms with Gasteiger partial charge in [-0.2, -0.15) is 26.3 Å². The zero-order chi connectivity index (χ0) is 24.3. The molecule has 0 aliphatic heterocycles. The quantitative estimate of drug-likeness (QED) is 0.315. The average Bonchev–Trinajstić information content (AvgIpc) is 2.63. The molecule has 0 amide bonds. The molecule has 4 bridgehead atoms. The van der Waals surface area contributed by atoms with E-state index < -0.39 is 36.1 Å². The molecule has 2 atom stereocenters. The smallest absolute Gasteiger partial charge is 0.428 e. The highest BCUT2D eigenvalue weighted by Crippen LogP contribution is 2.66. The molecular formula is C22H30F6O4. The molecule has 4 aliphatic carbocycles. The summed E-state index contributed by atoms with van der Waals surface area (Å²) in [4.78, 5) is 11.9. The molecule has 0 radical (unpaired) electrons. The molecule has 0 aromatic heterocycles. The third-order valence-corrected chi connectivity index (χ3v) is 7.82. The molecule has 2 unspecified atom stereocenters. The minimum atomic E-state index is -5.92. The molecule has 184 valence electrons. The molecule has 10 heteroatoms. The molecular weight excluding hydrogens is 442 g/mol. The fourth-order valence-electron chi connectivity index (χ4n) is 6.58. The third kappa shape index (κ3) is 3.95. The maximum atomic E-state index is 13.2. The number of hydrogen-bond donors (Lipinski definition) is 1. The lowest BCUT2D eigenvalue weighted by Crippen LogP contribution is -2.68. The van der Waals surface area contributed by atoms with Crippen molar-refractivity contribution >= 4 is 5.97 Å². The van der Waals surface area contributed by atoms with Crippen molar-refractivity contribution in [2.75, 3.05) is 13.2 Å². The van der Waals surface area contributed by atoms with Gasteiger partial charge in [-0.15, -0.1) is 0 Å². The summed E-state index contributed by atoms with van der Waals surface area (Å²) in [6.07, 6.45) is -8.83. The van der Waals surface area contributed by atoms with E-state index in [-0.39, 0.29) is 41.3 Å². The largest absolute Gasteiger partial charge is 0.462 e. The predicted octanol–water partition coefficient (Wildman–Crippen LogP) is 5.20. The van der Waals surface area contributed by atoms with E-state index in [0.717, 1.165) is 6.42 Å². The molecule has 4 rings (SSSR count). The summed E-state index contributed by atoms with van der Waals surface area (Å²) in [5.41, 5.74) is -6.27. The highest BCUT2D eigenvalue weighted by atomic mass is 19.4. The van der Waals surface area contributed by atoms with E-state index in [4.69, 9.17) is 9.47 Å². The molecule has 32 heavy (non-hydrogen) atoms. The van der Waals surface area contributed by atoms with Crippen molar-refractivity contribution in [1.29, 1.82) is 0 Å². The SMILES string of the molecule is C=C(C)C(=O)OCC12CC3CC(C1)C(OCC(O)(C(F)(F)F)C(F)(F)F)(C(C)C)C(C3)C2. The number of aliphatic hydroxyl groups is 1. The molecule has 0 aromatic carbocycles. The number of esters is 1. The molecule has 4 fully saturated rings. The van der Waals surface area contributed by atoms with Crippen LogP contribution in [0.2, 0.25) is 0 Å². The molecule has 4 aliphatic rings. The number of ether oxygens (including phenoxy) is 2. The standard InChI is InChI=1S/C22H30F6O4/c1-12(2)17(29)31-10-18-7-14-5-15(8-18)20(13(3)4,16(6-14)9-18)32-11-19(30,21(23,24)25)22(26,27)28/h13-16,30H,1,5-11H2,2-4H3. The van der Waals surface area contributed by atoms with Gasteiger partial charge in [0, 0.05) is 11.0 Å². The first-order valence-corrected chi connectivity index (χ1v) is 10.8. The number of halogens is 6. The van der Waals surface area contributed by atoms with E-state index in [0.29, 0.717) is 25.7 Å². The summed E-state index contributed by atoms with van der Waals surface area (Å²) in [5.74, 6) is -1.22. The Labute approximate surface area is 183 Å². The van der Waals surface area contributed by atoms with E-state index >= 15 is 0 Å². The van der Waals surface area contributed by atoms with E-state index in [9.17, 15) is 36.2 Å². The number of hydrogen-bond acceptors (Lipinski definition) is 4. The third-order valence-electron chi connectivity index (χ3n) is 7.82. The van der Waals surface area contributed by atoms with Crippen LogP contribution >= 0.6 is 0 Å². The van der Waals surface area contributed by atoms with Gasteiger partial charge >= 0.3 is 18.3 Å². The van der Waals surface area contributed by atoms with E-state index in [1.165, 1.54) is 6.92 Å². The summed E-state index contributed by atoms with van der Waals surface area (Å²) < 4.78 is 90.4. The number of carbonyl (C=O) groups is 1. The van der Waals surface area contributed by atoms with Gasteiger partial charge in [-0.25, -0.2) is 4.79 Å². The Balaban J connectivity index is 1.86. The molecule has 0 spiro atoms. The van der Waals surface area contributed by atoms with Crippen molar-refractivity contribution in [3.63, 3.8) is 0 Å². The highest BCUT2D eigenvalue weighted by Gasteiger charge is 2.72. The number of carbonyl (C=O) groups excluding carboxylic acids is 1. The van der Waals surface area contributed by atoms with Crippen molar-refractivity contribution in [1.82, 2.24) is 0 Å². The molecule has 0 heterocycles. The normalized spacial score (nSPS) is 34.8. The summed E-state index contributed by atoms with van der Waals surface area (Å²) >= 11 is 0. The molecule has 1 N–H and O–H groups in total. The number of alkyl halides is 6. The van der Waals surface area contributed by atoms with Gasteiger partial charge in [0.25, 0.3) is 5.60 Å². The maximum Gasteiger partial charge on any atom is 0.428 e. The Kier molecular flexibility index (Phi) is 6.25. The van der Waals surface area contributed by atoms with Gasteiger partial charge in [0.15, 0.2) is 0 Å². The zero-order valence-electron chi connectivity index (χ0n) is 18.4. The predicted molar refractivity (Wildman–Crippen MR) is 102 cm³/mol. The van der Waals surface area contributed by atoms with Gasteiger partial charge in [-0.05, 0) is 62.7 Å². The first kappa shape index (κ1) is 25.3. The van der Waals surface area contributed by atoms with E-state index in [1.807, 2.05) is 0 Å². The second-order valence-electron chi connectivity index (χ2n) is 10.4.